The molecule has 0 aliphatic heterocycles. The summed E-state index contributed by atoms with van der Waals surface area (Å²) < 4.78 is 5.33. The molecule has 0 aromatic heterocycles. The maximum absolute atomic E-state index is 11.8. The zero-order valence-corrected chi connectivity index (χ0v) is 11.1. The van der Waals surface area contributed by atoms with Gasteiger partial charge in [0.1, 0.15) is 5.60 Å². The molecule has 15 heavy (non-hydrogen) atoms. The normalized spacial score (nSPS) is 13.9. The van der Waals surface area contributed by atoms with E-state index in [0.717, 1.165) is 5.57 Å². The van der Waals surface area contributed by atoms with Crippen molar-refractivity contribution in [2.45, 2.75) is 60.5 Å². The molecule has 0 saturated heterocycles. The van der Waals surface area contributed by atoms with Gasteiger partial charge in [0.05, 0.1) is 0 Å². The van der Waals surface area contributed by atoms with Gasteiger partial charge in [-0.1, -0.05) is 33.8 Å². The second kappa shape index (κ2) is 4.82. The van der Waals surface area contributed by atoms with Gasteiger partial charge in [-0.3, -0.25) is 0 Å². The van der Waals surface area contributed by atoms with Gasteiger partial charge in [0.2, 0.25) is 0 Å². The zero-order valence-electron chi connectivity index (χ0n) is 11.1. The standard InChI is InChI=1S/C13H24O2/c1-8-10(9-12(2,3)4)11(14)15-13(5,6)7/h9H,8H2,1-7H3. The lowest BCUT2D eigenvalue weighted by atomic mass is 9.92. The molecule has 0 N–H and O–H groups in total. The first-order valence-corrected chi connectivity index (χ1v) is 5.50. The Morgan fingerprint density at radius 1 is 1.13 bits per heavy atom. The Morgan fingerprint density at radius 3 is 1.87 bits per heavy atom. The third-order valence-corrected chi connectivity index (χ3v) is 1.65. The highest BCUT2D eigenvalue weighted by atomic mass is 16.6. The molecule has 0 radical (unpaired) electrons. The van der Waals surface area contributed by atoms with Gasteiger partial charge in [-0.05, 0) is 32.6 Å². The summed E-state index contributed by atoms with van der Waals surface area (Å²) in [5.41, 5.74) is 0.364. The van der Waals surface area contributed by atoms with Crippen molar-refractivity contribution < 1.29 is 9.53 Å². The minimum absolute atomic E-state index is 0.0161. The maximum atomic E-state index is 11.8. The van der Waals surface area contributed by atoms with Crippen LogP contribution in [-0.2, 0) is 9.53 Å². The summed E-state index contributed by atoms with van der Waals surface area (Å²) in [7, 11) is 0. The largest absolute Gasteiger partial charge is 0.457 e. The fourth-order valence-electron chi connectivity index (χ4n) is 1.17. The van der Waals surface area contributed by atoms with Crippen molar-refractivity contribution >= 4 is 5.97 Å². The first-order valence-electron chi connectivity index (χ1n) is 5.50. The van der Waals surface area contributed by atoms with Crippen molar-refractivity contribution in [1.82, 2.24) is 0 Å². The van der Waals surface area contributed by atoms with Crippen LogP contribution in [0.3, 0.4) is 0 Å². The summed E-state index contributed by atoms with van der Waals surface area (Å²) in [6, 6.07) is 0. The number of hydrogen-bond donors (Lipinski definition) is 0. The Hall–Kier alpha value is -0.790. The van der Waals surface area contributed by atoms with Gasteiger partial charge < -0.3 is 4.74 Å². The fraction of sp³-hybridized carbons (Fsp3) is 0.769. The van der Waals surface area contributed by atoms with Crippen LogP contribution >= 0.6 is 0 Å². The third-order valence-electron chi connectivity index (χ3n) is 1.65. The lowest BCUT2D eigenvalue weighted by Gasteiger charge is -2.22. The smallest absolute Gasteiger partial charge is 0.334 e. The highest BCUT2D eigenvalue weighted by Gasteiger charge is 2.20. The number of hydrogen-bond acceptors (Lipinski definition) is 2. The van der Waals surface area contributed by atoms with Gasteiger partial charge >= 0.3 is 5.97 Å². The number of carbonyl (C=O) groups excluding carboxylic acids is 1. The molecule has 0 atom stereocenters. The molecule has 0 aliphatic carbocycles. The minimum atomic E-state index is -0.413. The molecule has 0 rings (SSSR count). The molecule has 0 amide bonds. The lowest BCUT2D eigenvalue weighted by Crippen LogP contribution is -2.25. The molecule has 0 saturated carbocycles. The van der Waals surface area contributed by atoms with Crippen molar-refractivity contribution in [1.29, 1.82) is 0 Å². The quantitative estimate of drug-likeness (QED) is 0.515. The van der Waals surface area contributed by atoms with Gasteiger partial charge in [-0.2, -0.15) is 0 Å². The molecule has 2 heteroatoms. The Balaban J connectivity index is 4.71. The van der Waals surface area contributed by atoms with E-state index in [1.807, 2.05) is 33.8 Å². The van der Waals surface area contributed by atoms with E-state index in [-0.39, 0.29) is 11.4 Å². The van der Waals surface area contributed by atoms with Crippen LogP contribution in [0.2, 0.25) is 0 Å². The summed E-state index contributed by atoms with van der Waals surface area (Å²) in [5, 5.41) is 0. The molecule has 0 fully saturated rings. The number of allylic oxidation sites excluding steroid dienone is 1. The van der Waals surface area contributed by atoms with Gasteiger partial charge in [0, 0.05) is 5.57 Å². The fourth-order valence-corrected chi connectivity index (χ4v) is 1.17. The maximum Gasteiger partial charge on any atom is 0.334 e. The van der Waals surface area contributed by atoms with E-state index in [9.17, 15) is 4.79 Å². The Morgan fingerprint density at radius 2 is 1.60 bits per heavy atom. The second-order valence-corrected chi connectivity index (χ2v) is 5.89. The van der Waals surface area contributed by atoms with Crippen molar-refractivity contribution in [2.75, 3.05) is 0 Å². The molecule has 0 aromatic rings. The van der Waals surface area contributed by atoms with Crippen molar-refractivity contribution in [3.8, 4) is 0 Å². The zero-order chi connectivity index (χ0) is 12.3. The van der Waals surface area contributed by atoms with Gasteiger partial charge in [-0.15, -0.1) is 0 Å². The first-order chi connectivity index (χ1) is 6.55. The molecule has 0 bridgehead atoms. The van der Waals surface area contributed by atoms with Crippen LogP contribution < -0.4 is 0 Å². The second-order valence-electron chi connectivity index (χ2n) is 5.89. The average molecular weight is 212 g/mol. The first kappa shape index (κ1) is 14.2. The van der Waals surface area contributed by atoms with Crippen LogP contribution in [-0.4, -0.2) is 11.6 Å². The van der Waals surface area contributed by atoms with Crippen LogP contribution in [0.1, 0.15) is 54.9 Å². The molecule has 0 unspecified atom stereocenters. The van der Waals surface area contributed by atoms with E-state index < -0.39 is 5.60 Å². The molecule has 0 spiro atoms. The molecule has 0 heterocycles. The molecule has 88 valence electrons. The Kier molecular flexibility index (Phi) is 4.57. The molecule has 2 nitrogen and oxygen atoms in total. The predicted octanol–water partition coefficient (Wildman–Crippen LogP) is 3.71. The molecule has 0 aromatic carbocycles. The van der Waals surface area contributed by atoms with E-state index in [1.54, 1.807) is 0 Å². The lowest BCUT2D eigenvalue weighted by molar-refractivity contribution is -0.150. The van der Waals surface area contributed by atoms with E-state index >= 15 is 0 Å². The number of rotatable bonds is 2. The number of ether oxygens (including phenoxy) is 1. The summed E-state index contributed by atoms with van der Waals surface area (Å²) in [6.45, 7) is 13.9. The van der Waals surface area contributed by atoms with Crippen LogP contribution in [0.15, 0.2) is 11.6 Å². The van der Waals surface area contributed by atoms with E-state index in [4.69, 9.17) is 4.74 Å². The van der Waals surface area contributed by atoms with E-state index in [1.165, 1.54) is 0 Å². The SMILES string of the molecule is CCC(=CC(C)(C)C)C(=O)OC(C)(C)C. The van der Waals surface area contributed by atoms with E-state index in [0.29, 0.717) is 6.42 Å². The van der Waals surface area contributed by atoms with Gasteiger partial charge in [0.15, 0.2) is 0 Å². The molecular formula is C13H24O2. The summed E-state index contributed by atoms with van der Waals surface area (Å²) in [4.78, 5) is 11.8. The highest BCUT2D eigenvalue weighted by Crippen LogP contribution is 2.21. The summed E-state index contributed by atoms with van der Waals surface area (Å²) in [6.07, 6.45) is 2.70. The molecule has 0 aliphatic rings. The number of carbonyl (C=O) groups is 1. The van der Waals surface area contributed by atoms with Crippen LogP contribution in [0.4, 0.5) is 0 Å². The average Bonchev–Trinajstić information content (AvgIpc) is 1.94. The van der Waals surface area contributed by atoms with Crippen molar-refractivity contribution in [2.24, 2.45) is 5.41 Å². The predicted molar refractivity (Wildman–Crippen MR) is 63.7 cm³/mol. The minimum Gasteiger partial charge on any atom is -0.457 e. The van der Waals surface area contributed by atoms with Crippen LogP contribution in [0.25, 0.3) is 0 Å². The van der Waals surface area contributed by atoms with Gasteiger partial charge in [0.25, 0.3) is 0 Å². The van der Waals surface area contributed by atoms with Crippen LogP contribution in [0, 0.1) is 5.41 Å². The van der Waals surface area contributed by atoms with Crippen LogP contribution in [0.5, 0.6) is 0 Å². The third kappa shape index (κ3) is 7.18. The summed E-state index contributed by atoms with van der Waals surface area (Å²) >= 11 is 0. The van der Waals surface area contributed by atoms with Crippen molar-refractivity contribution in [3.05, 3.63) is 11.6 Å². The Bertz CT molecular complexity index is 249. The number of esters is 1. The van der Waals surface area contributed by atoms with E-state index in [2.05, 4.69) is 20.8 Å². The summed E-state index contributed by atoms with van der Waals surface area (Å²) in [5.74, 6) is -0.195. The van der Waals surface area contributed by atoms with Crippen molar-refractivity contribution in [3.63, 3.8) is 0 Å². The highest BCUT2D eigenvalue weighted by molar-refractivity contribution is 5.88. The topological polar surface area (TPSA) is 26.3 Å². The monoisotopic (exact) mass is 212 g/mol. The van der Waals surface area contributed by atoms with Gasteiger partial charge in [-0.25, -0.2) is 4.79 Å². The Labute approximate surface area is 93.7 Å². The molecular weight excluding hydrogens is 188 g/mol.